The number of rotatable bonds is 10. The molecule has 0 aliphatic carbocycles. The monoisotopic (exact) mass is 481 g/mol. The van der Waals surface area contributed by atoms with Gasteiger partial charge in [0, 0.05) is 18.5 Å². The lowest BCUT2D eigenvalue weighted by molar-refractivity contribution is -0.125. The second kappa shape index (κ2) is 11.1. The van der Waals surface area contributed by atoms with Crippen LogP contribution in [0.5, 0.6) is 0 Å². The fourth-order valence-electron chi connectivity index (χ4n) is 3.63. The minimum absolute atomic E-state index is 0.0804. The third-order valence-electron chi connectivity index (χ3n) is 5.42. The SMILES string of the molecule is CCCCNC(=O)CC[C@@H]1N=C2c3ccccc3N=C(SCC(=O)NCc3ccco3)N2C1=O. The zero-order valence-corrected chi connectivity index (χ0v) is 19.8. The van der Waals surface area contributed by atoms with Crippen molar-refractivity contribution >= 4 is 46.2 Å². The molecule has 178 valence electrons. The first kappa shape index (κ1) is 23.7. The van der Waals surface area contributed by atoms with Gasteiger partial charge in [0.05, 0.1) is 24.2 Å². The van der Waals surface area contributed by atoms with Crippen LogP contribution >= 0.6 is 11.8 Å². The Kier molecular flexibility index (Phi) is 7.79. The summed E-state index contributed by atoms with van der Waals surface area (Å²) in [5, 5.41) is 6.07. The van der Waals surface area contributed by atoms with Crippen LogP contribution in [0.3, 0.4) is 0 Å². The van der Waals surface area contributed by atoms with E-state index in [1.807, 2.05) is 24.3 Å². The van der Waals surface area contributed by atoms with Crippen LogP contribution in [0.25, 0.3) is 0 Å². The van der Waals surface area contributed by atoms with Gasteiger partial charge in [0.25, 0.3) is 5.91 Å². The number of nitrogens with zero attached hydrogens (tertiary/aromatic N) is 3. The van der Waals surface area contributed by atoms with Gasteiger partial charge in [-0.3, -0.25) is 19.4 Å². The number of hydrogen-bond donors (Lipinski definition) is 2. The van der Waals surface area contributed by atoms with E-state index in [2.05, 4.69) is 27.5 Å². The zero-order valence-electron chi connectivity index (χ0n) is 19.0. The largest absolute Gasteiger partial charge is 0.467 e. The van der Waals surface area contributed by atoms with Crippen LogP contribution in [0.2, 0.25) is 0 Å². The molecule has 10 heteroatoms. The molecule has 0 saturated carbocycles. The average molecular weight is 482 g/mol. The molecule has 0 radical (unpaired) electrons. The molecule has 0 unspecified atom stereocenters. The lowest BCUT2D eigenvalue weighted by Crippen LogP contribution is -2.41. The van der Waals surface area contributed by atoms with Gasteiger partial charge in [-0.05, 0) is 37.1 Å². The van der Waals surface area contributed by atoms with Crippen molar-refractivity contribution in [3.05, 3.63) is 54.0 Å². The van der Waals surface area contributed by atoms with E-state index in [4.69, 9.17) is 4.42 Å². The Balaban J connectivity index is 1.42. The second-order valence-electron chi connectivity index (χ2n) is 7.94. The fraction of sp³-hybridized carbons (Fsp3) is 0.375. The Morgan fingerprint density at radius 2 is 2.00 bits per heavy atom. The van der Waals surface area contributed by atoms with Crippen molar-refractivity contribution in [2.75, 3.05) is 12.3 Å². The minimum atomic E-state index is -0.656. The number of furan rings is 1. The highest BCUT2D eigenvalue weighted by Gasteiger charge is 2.41. The molecular weight excluding hydrogens is 454 g/mol. The highest BCUT2D eigenvalue weighted by molar-refractivity contribution is 8.14. The Morgan fingerprint density at radius 1 is 1.15 bits per heavy atom. The average Bonchev–Trinajstić information content (AvgIpc) is 3.48. The Labute approximate surface area is 202 Å². The Bertz CT molecular complexity index is 1110. The van der Waals surface area contributed by atoms with E-state index < -0.39 is 6.04 Å². The minimum Gasteiger partial charge on any atom is -0.467 e. The molecular formula is C24H27N5O4S. The maximum atomic E-state index is 13.2. The smallest absolute Gasteiger partial charge is 0.259 e. The molecule has 0 bridgehead atoms. The molecule has 0 spiro atoms. The molecule has 2 N–H and O–H groups in total. The molecule has 1 atom stereocenters. The molecule has 2 aromatic rings. The highest BCUT2D eigenvalue weighted by atomic mass is 32.2. The maximum absolute atomic E-state index is 13.2. The summed E-state index contributed by atoms with van der Waals surface area (Å²) >= 11 is 1.18. The number of carbonyl (C=O) groups is 3. The first-order valence-corrected chi connectivity index (χ1v) is 12.3. The van der Waals surface area contributed by atoms with E-state index in [9.17, 15) is 14.4 Å². The van der Waals surface area contributed by atoms with Crippen LogP contribution in [-0.2, 0) is 20.9 Å². The van der Waals surface area contributed by atoms with Gasteiger partial charge in [-0.25, -0.2) is 9.89 Å². The Hall–Kier alpha value is -3.40. The predicted molar refractivity (Wildman–Crippen MR) is 131 cm³/mol. The molecule has 1 aromatic heterocycles. The lowest BCUT2D eigenvalue weighted by Gasteiger charge is -2.25. The molecule has 1 aromatic carbocycles. The summed E-state index contributed by atoms with van der Waals surface area (Å²) in [4.78, 5) is 48.5. The van der Waals surface area contributed by atoms with Crippen LogP contribution < -0.4 is 10.6 Å². The Morgan fingerprint density at radius 3 is 2.79 bits per heavy atom. The van der Waals surface area contributed by atoms with Crippen molar-refractivity contribution in [2.45, 2.75) is 45.2 Å². The van der Waals surface area contributed by atoms with Crippen molar-refractivity contribution in [1.82, 2.24) is 15.5 Å². The van der Waals surface area contributed by atoms with E-state index in [0.717, 1.165) is 18.4 Å². The van der Waals surface area contributed by atoms with Crippen LogP contribution in [0.1, 0.15) is 43.9 Å². The van der Waals surface area contributed by atoms with Crippen LogP contribution in [0, 0.1) is 0 Å². The van der Waals surface area contributed by atoms with Gasteiger partial charge in [-0.15, -0.1) is 0 Å². The summed E-state index contributed by atoms with van der Waals surface area (Å²) < 4.78 is 5.22. The molecule has 0 saturated heterocycles. The van der Waals surface area contributed by atoms with Gasteiger partial charge in [0.2, 0.25) is 11.8 Å². The number of amidine groups is 2. The van der Waals surface area contributed by atoms with Gasteiger partial charge in [-0.1, -0.05) is 37.2 Å². The van der Waals surface area contributed by atoms with Crippen molar-refractivity contribution in [3.8, 4) is 0 Å². The molecule has 34 heavy (non-hydrogen) atoms. The number of fused-ring (bicyclic) bond motifs is 3. The number of para-hydroxylation sites is 1. The van der Waals surface area contributed by atoms with Gasteiger partial charge in [0.15, 0.2) is 5.17 Å². The molecule has 0 fully saturated rings. The third kappa shape index (κ3) is 5.56. The number of aliphatic imine (C=N–C) groups is 2. The summed E-state index contributed by atoms with van der Waals surface area (Å²) in [6.07, 6.45) is 4.02. The quantitative estimate of drug-likeness (QED) is 0.506. The molecule has 2 aliphatic heterocycles. The summed E-state index contributed by atoms with van der Waals surface area (Å²) in [7, 11) is 0. The van der Waals surface area contributed by atoms with E-state index in [-0.39, 0.29) is 29.9 Å². The lowest BCUT2D eigenvalue weighted by atomic mass is 10.1. The van der Waals surface area contributed by atoms with Crippen molar-refractivity contribution in [3.63, 3.8) is 0 Å². The molecule has 3 heterocycles. The highest BCUT2D eigenvalue weighted by Crippen LogP contribution is 2.34. The number of amides is 3. The predicted octanol–water partition coefficient (Wildman–Crippen LogP) is 2.98. The summed E-state index contributed by atoms with van der Waals surface area (Å²) in [6.45, 7) is 2.99. The number of thioether (sulfide) groups is 1. The number of unbranched alkanes of at least 4 members (excludes halogenated alkanes) is 1. The van der Waals surface area contributed by atoms with Gasteiger partial charge in [0.1, 0.15) is 17.6 Å². The normalized spacial score (nSPS) is 16.4. The van der Waals surface area contributed by atoms with Crippen molar-refractivity contribution < 1.29 is 18.8 Å². The van der Waals surface area contributed by atoms with Crippen molar-refractivity contribution in [1.29, 1.82) is 0 Å². The maximum Gasteiger partial charge on any atom is 0.259 e. The third-order valence-corrected chi connectivity index (χ3v) is 6.36. The topological polar surface area (TPSA) is 116 Å². The van der Waals surface area contributed by atoms with E-state index >= 15 is 0 Å². The second-order valence-corrected chi connectivity index (χ2v) is 8.88. The number of hydrogen-bond acceptors (Lipinski definition) is 7. The molecule has 2 aliphatic rings. The molecule has 4 rings (SSSR count). The first-order valence-electron chi connectivity index (χ1n) is 11.3. The summed E-state index contributed by atoms with van der Waals surface area (Å²) in [5.74, 6) is 0.756. The van der Waals surface area contributed by atoms with E-state index in [1.165, 1.54) is 16.7 Å². The van der Waals surface area contributed by atoms with Crippen LogP contribution in [0.15, 0.2) is 57.1 Å². The number of benzene rings is 1. The summed E-state index contributed by atoms with van der Waals surface area (Å²) in [6, 6.07) is 10.3. The van der Waals surface area contributed by atoms with Crippen LogP contribution in [-0.4, -0.2) is 52.0 Å². The van der Waals surface area contributed by atoms with Crippen molar-refractivity contribution in [2.24, 2.45) is 9.98 Å². The first-order chi connectivity index (χ1) is 16.6. The van der Waals surface area contributed by atoms with Gasteiger partial charge in [-0.2, -0.15) is 0 Å². The van der Waals surface area contributed by atoms with Crippen LogP contribution in [0.4, 0.5) is 5.69 Å². The molecule has 3 amide bonds. The van der Waals surface area contributed by atoms with Gasteiger partial charge >= 0.3 is 0 Å². The van der Waals surface area contributed by atoms with Gasteiger partial charge < -0.3 is 15.1 Å². The summed E-state index contributed by atoms with van der Waals surface area (Å²) in [5.41, 5.74) is 1.46. The molecule has 9 nitrogen and oxygen atoms in total. The fourth-order valence-corrected chi connectivity index (χ4v) is 4.46. The zero-order chi connectivity index (χ0) is 23.9. The van der Waals surface area contributed by atoms with E-state index in [0.29, 0.717) is 42.0 Å². The number of nitrogens with one attached hydrogen (secondary N) is 2. The number of carbonyl (C=O) groups excluding carboxylic acids is 3. The standard InChI is InChI=1S/C24H27N5O4S/c1-2-3-12-25-20(30)11-10-19-23(32)29-22(27-19)17-8-4-5-9-18(17)28-24(29)34-15-21(31)26-14-16-7-6-13-33-16/h4-9,13,19H,2-3,10-12,14-15H2,1H3,(H,25,30)(H,26,31)/t19-/m0/s1. The van der Waals surface area contributed by atoms with E-state index in [1.54, 1.807) is 18.4 Å².